The van der Waals surface area contributed by atoms with Crippen LogP contribution in [0.3, 0.4) is 0 Å². The lowest BCUT2D eigenvalue weighted by Crippen LogP contribution is -2.01. The fraction of sp³-hybridized carbons (Fsp3) is 0.125. The second kappa shape index (κ2) is 6.01. The number of nitrogens with zero attached hydrogens (tertiary/aromatic N) is 1. The molecule has 4 heteroatoms. The number of nitrogens with one attached hydrogen (secondary N) is 1. The first-order chi connectivity index (χ1) is 9.52. The number of fused-ring (bicyclic) bond motifs is 1. The molecule has 0 aliphatic carbocycles. The molecule has 3 nitrogen and oxygen atoms in total. The molecule has 0 bridgehead atoms. The number of allylic oxidation sites excluding steroid dienone is 5. The Labute approximate surface area is 126 Å². The number of aromatic amines is 1. The van der Waals surface area contributed by atoms with Crippen molar-refractivity contribution < 1.29 is 4.79 Å². The maximum atomic E-state index is 12.6. The van der Waals surface area contributed by atoms with E-state index in [0.717, 1.165) is 15.4 Å². The van der Waals surface area contributed by atoms with Crippen molar-refractivity contribution in [3.63, 3.8) is 0 Å². The van der Waals surface area contributed by atoms with Crippen LogP contribution in [0.2, 0.25) is 0 Å². The number of hydrogen-bond acceptors (Lipinski definition) is 2. The Kier molecular flexibility index (Phi) is 4.35. The topological polar surface area (TPSA) is 45.8 Å². The van der Waals surface area contributed by atoms with Gasteiger partial charge in [-0.3, -0.25) is 4.79 Å². The molecule has 20 heavy (non-hydrogen) atoms. The summed E-state index contributed by atoms with van der Waals surface area (Å²) < 4.78 is 0.843. The van der Waals surface area contributed by atoms with Crippen LogP contribution < -0.4 is 0 Å². The lowest BCUT2D eigenvalue weighted by Gasteiger charge is -2.01. The van der Waals surface area contributed by atoms with Crippen LogP contribution >= 0.6 is 15.9 Å². The predicted molar refractivity (Wildman–Crippen MR) is 85.8 cm³/mol. The van der Waals surface area contributed by atoms with E-state index in [-0.39, 0.29) is 5.78 Å². The third-order valence-electron chi connectivity index (χ3n) is 2.75. The van der Waals surface area contributed by atoms with E-state index in [1.807, 2.05) is 26.0 Å². The number of pyridine rings is 1. The zero-order valence-electron chi connectivity index (χ0n) is 11.4. The van der Waals surface area contributed by atoms with E-state index in [1.54, 1.807) is 24.5 Å². The van der Waals surface area contributed by atoms with Crippen LogP contribution in [0.15, 0.2) is 58.9 Å². The number of aromatic nitrogens is 2. The molecule has 0 aromatic carbocycles. The fourth-order valence-electron chi connectivity index (χ4n) is 1.96. The van der Waals surface area contributed by atoms with E-state index < -0.39 is 0 Å². The van der Waals surface area contributed by atoms with E-state index in [0.29, 0.717) is 16.8 Å². The molecule has 0 atom stereocenters. The average molecular weight is 331 g/mol. The third kappa shape index (κ3) is 2.96. The summed E-state index contributed by atoms with van der Waals surface area (Å²) in [6, 6.07) is 1.89. The summed E-state index contributed by atoms with van der Waals surface area (Å²) in [6.45, 7) is 7.57. The van der Waals surface area contributed by atoms with Crippen LogP contribution in [0, 0.1) is 0 Å². The Morgan fingerprint density at radius 2 is 2.25 bits per heavy atom. The molecule has 102 valence electrons. The van der Waals surface area contributed by atoms with Crippen molar-refractivity contribution in [1.82, 2.24) is 9.97 Å². The van der Waals surface area contributed by atoms with Gasteiger partial charge in [0.05, 0.1) is 0 Å². The van der Waals surface area contributed by atoms with Crippen molar-refractivity contribution in [2.75, 3.05) is 0 Å². The van der Waals surface area contributed by atoms with Crippen LogP contribution in [0.5, 0.6) is 0 Å². The van der Waals surface area contributed by atoms with Gasteiger partial charge < -0.3 is 4.98 Å². The first-order valence-electron chi connectivity index (χ1n) is 6.20. The number of carbonyl (C=O) groups excluding carboxylic acids is 1. The van der Waals surface area contributed by atoms with Crippen LogP contribution in [0.25, 0.3) is 11.0 Å². The third-order valence-corrected chi connectivity index (χ3v) is 3.19. The van der Waals surface area contributed by atoms with Gasteiger partial charge in [-0.25, -0.2) is 4.98 Å². The van der Waals surface area contributed by atoms with Gasteiger partial charge in [0.2, 0.25) is 0 Å². The maximum Gasteiger partial charge on any atom is 0.195 e. The summed E-state index contributed by atoms with van der Waals surface area (Å²) in [4.78, 5) is 19.9. The molecule has 0 amide bonds. The molecule has 0 aliphatic rings. The molecular weight excluding hydrogens is 316 g/mol. The minimum Gasteiger partial charge on any atom is -0.345 e. The standard InChI is InChI=1S/C16H15BrN2O/c1-4-5-11(6-10(2)3)15(20)14-9-19-16-13(14)7-12(17)8-18-16/h4-9H,2H2,1,3H3,(H,18,19)/b5-4-,11-6+. The second-order valence-corrected chi connectivity index (χ2v) is 5.44. The Morgan fingerprint density at radius 3 is 2.90 bits per heavy atom. The molecule has 2 heterocycles. The van der Waals surface area contributed by atoms with Gasteiger partial charge in [-0.2, -0.15) is 0 Å². The van der Waals surface area contributed by atoms with Crippen LogP contribution in [-0.2, 0) is 0 Å². The Balaban J connectivity index is 2.54. The monoisotopic (exact) mass is 330 g/mol. The summed E-state index contributed by atoms with van der Waals surface area (Å²) >= 11 is 3.38. The number of Topliss-reactive ketones (excluding diaryl/α,β-unsaturated/α-hetero) is 1. The number of rotatable bonds is 4. The largest absolute Gasteiger partial charge is 0.345 e. The number of halogens is 1. The lowest BCUT2D eigenvalue weighted by atomic mass is 10.0. The zero-order chi connectivity index (χ0) is 14.7. The van der Waals surface area contributed by atoms with Gasteiger partial charge in [0.25, 0.3) is 0 Å². The van der Waals surface area contributed by atoms with Crippen LogP contribution in [-0.4, -0.2) is 15.8 Å². The van der Waals surface area contributed by atoms with Gasteiger partial charge in [0.15, 0.2) is 5.78 Å². The molecule has 0 aliphatic heterocycles. The van der Waals surface area contributed by atoms with Gasteiger partial charge in [0.1, 0.15) is 5.65 Å². The molecule has 0 fully saturated rings. The summed E-state index contributed by atoms with van der Waals surface area (Å²) in [5, 5.41) is 0.807. The van der Waals surface area contributed by atoms with Gasteiger partial charge in [0, 0.05) is 33.4 Å². The first kappa shape index (κ1) is 14.5. The highest BCUT2D eigenvalue weighted by Crippen LogP contribution is 2.23. The maximum absolute atomic E-state index is 12.6. The van der Waals surface area contributed by atoms with Crippen LogP contribution in [0.4, 0.5) is 0 Å². The van der Waals surface area contributed by atoms with Crippen molar-refractivity contribution in [2.45, 2.75) is 13.8 Å². The highest BCUT2D eigenvalue weighted by molar-refractivity contribution is 9.10. The quantitative estimate of drug-likeness (QED) is 0.506. The summed E-state index contributed by atoms with van der Waals surface area (Å²) in [6.07, 6.45) is 8.81. The summed E-state index contributed by atoms with van der Waals surface area (Å²) in [5.41, 5.74) is 2.76. The van der Waals surface area contributed by atoms with Crippen molar-refractivity contribution >= 4 is 32.7 Å². The highest BCUT2D eigenvalue weighted by atomic mass is 79.9. The minimum absolute atomic E-state index is 0.0442. The number of hydrogen-bond donors (Lipinski definition) is 1. The predicted octanol–water partition coefficient (Wildman–Crippen LogP) is 4.59. The van der Waals surface area contributed by atoms with Gasteiger partial charge in [-0.15, -0.1) is 0 Å². The van der Waals surface area contributed by atoms with E-state index >= 15 is 0 Å². The van der Waals surface area contributed by atoms with Gasteiger partial charge in [-0.1, -0.05) is 24.3 Å². The Bertz CT molecular complexity index is 738. The molecule has 0 saturated carbocycles. The molecule has 2 aromatic heterocycles. The number of H-pyrrole nitrogens is 1. The molecule has 2 aromatic rings. The molecule has 0 unspecified atom stereocenters. The van der Waals surface area contributed by atoms with Crippen molar-refractivity contribution in [3.05, 3.63) is 64.4 Å². The van der Waals surface area contributed by atoms with Gasteiger partial charge in [-0.05, 0) is 41.9 Å². The Morgan fingerprint density at radius 1 is 1.50 bits per heavy atom. The summed E-state index contributed by atoms with van der Waals surface area (Å²) in [7, 11) is 0. The van der Waals surface area contributed by atoms with Crippen molar-refractivity contribution in [2.24, 2.45) is 0 Å². The second-order valence-electron chi connectivity index (χ2n) is 4.53. The minimum atomic E-state index is -0.0442. The van der Waals surface area contributed by atoms with E-state index in [4.69, 9.17) is 0 Å². The smallest absolute Gasteiger partial charge is 0.195 e. The van der Waals surface area contributed by atoms with Gasteiger partial charge >= 0.3 is 0 Å². The average Bonchev–Trinajstić information content (AvgIpc) is 2.79. The lowest BCUT2D eigenvalue weighted by molar-refractivity contribution is 0.103. The van der Waals surface area contributed by atoms with Crippen molar-refractivity contribution in [1.29, 1.82) is 0 Å². The molecular formula is C16H15BrN2O. The van der Waals surface area contributed by atoms with Crippen LogP contribution in [0.1, 0.15) is 24.2 Å². The van der Waals surface area contributed by atoms with E-state index in [9.17, 15) is 4.79 Å². The molecule has 1 N–H and O–H groups in total. The zero-order valence-corrected chi connectivity index (χ0v) is 13.0. The normalized spacial score (nSPS) is 12.2. The highest BCUT2D eigenvalue weighted by Gasteiger charge is 2.15. The summed E-state index contributed by atoms with van der Waals surface area (Å²) in [5.74, 6) is -0.0442. The number of carbonyl (C=O) groups is 1. The fourth-order valence-corrected chi connectivity index (χ4v) is 2.29. The molecule has 2 rings (SSSR count). The van der Waals surface area contributed by atoms with E-state index in [1.165, 1.54) is 0 Å². The van der Waals surface area contributed by atoms with E-state index in [2.05, 4.69) is 32.5 Å². The molecule has 0 saturated heterocycles. The Hall–Kier alpha value is -1.94. The first-order valence-corrected chi connectivity index (χ1v) is 6.99. The van der Waals surface area contributed by atoms with Crippen molar-refractivity contribution in [3.8, 4) is 0 Å². The molecule has 0 radical (unpaired) electrons. The SMILES string of the molecule is C=C(C)/C=C(\C=C/C)C(=O)c1c[nH]c2ncc(Br)cc12. The molecule has 0 spiro atoms. The number of ketones is 1.